The number of aromatic nitrogens is 3. The number of carbonyl (C=O) groups excluding carboxylic acids is 1. The van der Waals surface area contributed by atoms with Crippen molar-refractivity contribution in [3.05, 3.63) is 46.5 Å². The number of hydrogen-bond donors (Lipinski definition) is 0. The molecule has 0 atom stereocenters. The van der Waals surface area contributed by atoms with Crippen LogP contribution in [0.5, 0.6) is 0 Å². The first-order chi connectivity index (χ1) is 10.5. The van der Waals surface area contributed by atoms with Crippen molar-refractivity contribution in [1.29, 1.82) is 0 Å². The third-order valence-corrected chi connectivity index (χ3v) is 3.92. The molecule has 116 valence electrons. The van der Waals surface area contributed by atoms with Gasteiger partial charge in [0.15, 0.2) is 0 Å². The molecule has 0 aromatic carbocycles. The molecule has 22 heavy (non-hydrogen) atoms. The largest absolute Gasteiger partial charge is 0.328 e. The predicted molar refractivity (Wildman–Crippen MR) is 83.2 cm³/mol. The lowest BCUT2D eigenvalue weighted by Gasteiger charge is -2.17. The number of rotatable bonds is 3. The zero-order valence-corrected chi connectivity index (χ0v) is 13.5. The minimum absolute atomic E-state index is 0.0307. The molecule has 2 aromatic heterocycles. The highest BCUT2D eigenvalue weighted by Gasteiger charge is 2.30. The molecule has 1 aliphatic heterocycles. The summed E-state index contributed by atoms with van der Waals surface area (Å²) < 4.78 is 1.90. The first-order valence-corrected chi connectivity index (χ1v) is 7.35. The molecule has 0 fully saturated rings. The van der Waals surface area contributed by atoms with E-state index in [1.54, 1.807) is 12.4 Å². The standard InChI is InChI=1S/C16H21N5O/c1-11-5-12(7-17-6-11)16(22)21-8-13-14(9-19(2)3)18-20(4)15(13)10-21/h5-7H,8-10H2,1-4H3. The Bertz CT molecular complexity index is 719. The van der Waals surface area contributed by atoms with E-state index in [1.807, 2.05) is 43.7 Å². The van der Waals surface area contributed by atoms with E-state index < -0.39 is 0 Å². The second-order valence-corrected chi connectivity index (χ2v) is 6.15. The zero-order chi connectivity index (χ0) is 15.9. The van der Waals surface area contributed by atoms with Crippen molar-refractivity contribution in [2.24, 2.45) is 7.05 Å². The third-order valence-electron chi connectivity index (χ3n) is 3.92. The average Bonchev–Trinajstić information content (AvgIpc) is 3.00. The van der Waals surface area contributed by atoms with Crippen LogP contribution in [0.25, 0.3) is 0 Å². The van der Waals surface area contributed by atoms with Crippen LogP contribution in [0.15, 0.2) is 18.5 Å². The maximum atomic E-state index is 12.7. The van der Waals surface area contributed by atoms with Crippen molar-refractivity contribution in [3.8, 4) is 0 Å². The Morgan fingerprint density at radius 1 is 1.32 bits per heavy atom. The molecule has 2 aromatic rings. The quantitative estimate of drug-likeness (QED) is 0.858. The van der Waals surface area contributed by atoms with E-state index in [0.717, 1.165) is 23.5 Å². The number of pyridine rings is 1. The Morgan fingerprint density at radius 3 is 2.77 bits per heavy atom. The van der Waals surface area contributed by atoms with Gasteiger partial charge in [0.25, 0.3) is 5.91 Å². The van der Waals surface area contributed by atoms with Gasteiger partial charge in [-0.1, -0.05) is 0 Å². The summed E-state index contributed by atoms with van der Waals surface area (Å²) in [6.45, 7) is 3.97. The highest BCUT2D eigenvalue weighted by atomic mass is 16.2. The number of fused-ring (bicyclic) bond motifs is 1. The van der Waals surface area contributed by atoms with Gasteiger partial charge in [-0.2, -0.15) is 5.10 Å². The topological polar surface area (TPSA) is 54.3 Å². The van der Waals surface area contributed by atoms with Crippen LogP contribution in [0.1, 0.15) is 32.9 Å². The summed E-state index contributed by atoms with van der Waals surface area (Å²) in [6.07, 6.45) is 3.39. The van der Waals surface area contributed by atoms with Crippen molar-refractivity contribution in [3.63, 3.8) is 0 Å². The molecule has 0 unspecified atom stereocenters. The number of aryl methyl sites for hydroxylation is 2. The van der Waals surface area contributed by atoms with Gasteiger partial charge in [0, 0.05) is 31.5 Å². The molecule has 0 saturated heterocycles. The fraction of sp³-hybridized carbons (Fsp3) is 0.438. The molecule has 3 rings (SSSR count). The predicted octanol–water partition coefficient (Wildman–Crippen LogP) is 1.34. The number of hydrogen-bond acceptors (Lipinski definition) is 4. The monoisotopic (exact) mass is 299 g/mol. The van der Waals surface area contributed by atoms with Gasteiger partial charge in [0.2, 0.25) is 0 Å². The first-order valence-electron chi connectivity index (χ1n) is 7.35. The van der Waals surface area contributed by atoms with Crippen molar-refractivity contribution in [2.75, 3.05) is 14.1 Å². The van der Waals surface area contributed by atoms with E-state index in [4.69, 9.17) is 0 Å². The third kappa shape index (κ3) is 2.62. The van der Waals surface area contributed by atoms with Crippen molar-refractivity contribution in [1.82, 2.24) is 24.6 Å². The smallest absolute Gasteiger partial charge is 0.256 e. The number of carbonyl (C=O) groups is 1. The Labute approximate surface area is 130 Å². The molecule has 6 heteroatoms. The second kappa shape index (κ2) is 5.53. The molecular formula is C16H21N5O. The minimum Gasteiger partial charge on any atom is -0.328 e. The number of nitrogens with zero attached hydrogens (tertiary/aromatic N) is 5. The van der Waals surface area contributed by atoms with Gasteiger partial charge < -0.3 is 9.80 Å². The normalized spacial score (nSPS) is 13.8. The molecule has 3 heterocycles. The Balaban J connectivity index is 1.84. The lowest BCUT2D eigenvalue weighted by molar-refractivity contribution is 0.0747. The summed E-state index contributed by atoms with van der Waals surface area (Å²) in [7, 11) is 5.99. The van der Waals surface area contributed by atoms with Gasteiger partial charge in [-0.05, 0) is 32.6 Å². The highest BCUT2D eigenvalue weighted by molar-refractivity contribution is 5.94. The maximum Gasteiger partial charge on any atom is 0.256 e. The van der Waals surface area contributed by atoms with E-state index >= 15 is 0 Å². The van der Waals surface area contributed by atoms with E-state index in [2.05, 4.69) is 15.0 Å². The molecule has 0 radical (unpaired) electrons. The maximum absolute atomic E-state index is 12.7. The van der Waals surface area contributed by atoms with Crippen LogP contribution < -0.4 is 0 Å². The Hall–Kier alpha value is -2.21. The first kappa shape index (κ1) is 14.7. The fourth-order valence-corrected chi connectivity index (χ4v) is 2.90. The van der Waals surface area contributed by atoms with Crippen LogP contribution in [-0.2, 0) is 26.7 Å². The summed E-state index contributed by atoms with van der Waals surface area (Å²) in [5, 5.41) is 4.58. The zero-order valence-electron chi connectivity index (χ0n) is 13.5. The average molecular weight is 299 g/mol. The van der Waals surface area contributed by atoms with Crippen LogP contribution >= 0.6 is 0 Å². The van der Waals surface area contributed by atoms with Gasteiger partial charge in [-0.3, -0.25) is 14.5 Å². The molecule has 0 aliphatic carbocycles. The molecule has 0 saturated carbocycles. The number of amides is 1. The van der Waals surface area contributed by atoms with Gasteiger partial charge in [0.05, 0.1) is 30.0 Å². The highest BCUT2D eigenvalue weighted by Crippen LogP contribution is 2.27. The second-order valence-electron chi connectivity index (χ2n) is 6.15. The van der Waals surface area contributed by atoms with Gasteiger partial charge >= 0.3 is 0 Å². The summed E-state index contributed by atoms with van der Waals surface area (Å²) in [5.74, 6) is 0.0307. The SMILES string of the molecule is Cc1cncc(C(=O)N2Cc3c(CN(C)C)nn(C)c3C2)c1. The molecular weight excluding hydrogens is 278 g/mol. The van der Waals surface area contributed by atoms with Crippen LogP contribution in [0.4, 0.5) is 0 Å². The van der Waals surface area contributed by atoms with Crippen LogP contribution in [-0.4, -0.2) is 44.6 Å². The van der Waals surface area contributed by atoms with Crippen LogP contribution in [0.2, 0.25) is 0 Å². The lowest BCUT2D eigenvalue weighted by Crippen LogP contribution is -2.26. The van der Waals surface area contributed by atoms with E-state index in [-0.39, 0.29) is 5.91 Å². The fourth-order valence-electron chi connectivity index (χ4n) is 2.90. The van der Waals surface area contributed by atoms with Gasteiger partial charge in [-0.15, -0.1) is 0 Å². The molecule has 1 aliphatic rings. The van der Waals surface area contributed by atoms with E-state index in [9.17, 15) is 4.79 Å². The summed E-state index contributed by atoms with van der Waals surface area (Å²) >= 11 is 0. The minimum atomic E-state index is 0.0307. The van der Waals surface area contributed by atoms with Crippen molar-refractivity contribution in [2.45, 2.75) is 26.6 Å². The van der Waals surface area contributed by atoms with Crippen LogP contribution in [0.3, 0.4) is 0 Å². The van der Waals surface area contributed by atoms with Crippen molar-refractivity contribution >= 4 is 5.91 Å². The van der Waals surface area contributed by atoms with Crippen LogP contribution in [0, 0.1) is 6.92 Å². The summed E-state index contributed by atoms with van der Waals surface area (Å²) in [4.78, 5) is 20.7. The molecule has 6 nitrogen and oxygen atoms in total. The molecule has 1 amide bonds. The lowest BCUT2D eigenvalue weighted by atomic mass is 10.2. The van der Waals surface area contributed by atoms with Gasteiger partial charge in [-0.25, -0.2) is 0 Å². The van der Waals surface area contributed by atoms with E-state index in [0.29, 0.717) is 18.7 Å². The summed E-state index contributed by atoms with van der Waals surface area (Å²) in [6, 6.07) is 1.89. The van der Waals surface area contributed by atoms with E-state index in [1.165, 1.54) is 5.56 Å². The Morgan fingerprint density at radius 2 is 2.09 bits per heavy atom. The molecule has 0 spiro atoms. The molecule has 0 bridgehead atoms. The summed E-state index contributed by atoms with van der Waals surface area (Å²) in [5.41, 5.74) is 5.02. The molecule has 0 N–H and O–H groups in total. The van der Waals surface area contributed by atoms with Crippen molar-refractivity contribution < 1.29 is 4.79 Å². The van der Waals surface area contributed by atoms with Gasteiger partial charge in [0.1, 0.15) is 0 Å². The Kier molecular flexibility index (Phi) is 3.70.